The number of benzene rings is 1. The van der Waals surface area contributed by atoms with Crippen LogP contribution in [0, 0.1) is 0 Å². The molecule has 17 heavy (non-hydrogen) atoms. The van der Waals surface area contributed by atoms with Gasteiger partial charge in [0.2, 0.25) is 5.28 Å². The first-order valence-electron chi connectivity index (χ1n) is 5.46. The van der Waals surface area contributed by atoms with Crippen LogP contribution in [0.15, 0.2) is 24.4 Å². The number of methoxy groups -OCH3 is 1. The summed E-state index contributed by atoms with van der Waals surface area (Å²) in [5, 5.41) is 0.291. The van der Waals surface area contributed by atoms with E-state index in [-0.39, 0.29) is 0 Å². The van der Waals surface area contributed by atoms with Crippen LogP contribution in [-0.2, 0) is 12.8 Å². The highest BCUT2D eigenvalue weighted by atomic mass is 35.5. The summed E-state index contributed by atoms with van der Waals surface area (Å²) in [6.07, 6.45) is 3.79. The van der Waals surface area contributed by atoms with E-state index in [1.54, 1.807) is 7.11 Å². The van der Waals surface area contributed by atoms with Gasteiger partial charge in [-0.3, -0.25) is 0 Å². The summed E-state index contributed by atoms with van der Waals surface area (Å²) in [6.45, 7) is 0. The van der Waals surface area contributed by atoms with E-state index in [4.69, 9.17) is 16.3 Å². The number of nitrogens with zero attached hydrogens (tertiary/aromatic N) is 2. The maximum absolute atomic E-state index is 5.86. The molecule has 0 N–H and O–H groups in total. The van der Waals surface area contributed by atoms with Gasteiger partial charge in [0, 0.05) is 11.8 Å². The van der Waals surface area contributed by atoms with Crippen LogP contribution in [0.1, 0.15) is 11.1 Å². The zero-order valence-corrected chi connectivity index (χ0v) is 10.2. The van der Waals surface area contributed by atoms with Crippen molar-refractivity contribution in [3.63, 3.8) is 0 Å². The third kappa shape index (κ3) is 1.76. The Hall–Kier alpha value is -1.61. The fraction of sp³-hybridized carbons (Fsp3) is 0.231. The fourth-order valence-corrected chi connectivity index (χ4v) is 2.33. The maximum Gasteiger partial charge on any atom is 0.222 e. The van der Waals surface area contributed by atoms with Crippen LogP contribution in [0.2, 0.25) is 5.28 Å². The average Bonchev–Trinajstić information content (AvgIpc) is 2.38. The van der Waals surface area contributed by atoms with Crippen molar-refractivity contribution in [2.24, 2.45) is 0 Å². The van der Waals surface area contributed by atoms with Crippen LogP contribution >= 0.6 is 11.6 Å². The average molecular weight is 247 g/mol. The van der Waals surface area contributed by atoms with Crippen LogP contribution in [0.3, 0.4) is 0 Å². The molecule has 4 heteroatoms. The summed E-state index contributed by atoms with van der Waals surface area (Å²) in [5.41, 5.74) is 4.48. The monoisotopic (exact) mass is 246 g/mol. The summed E-state index contributed by atoms with van der Waals surface area (Å²) < 4.78 is 5.25. The molecule has 0 amide bonds. The van der Waals surface area contributed by atoms with Crippen LogP contribution in [-0.4, -0.2) is 17.1 Å². The first-order chi connectivity index (χ1) is 8.28. The van der Waals surface area contributed by atoms with Crippen molar-refractivity contribution in [3.8, 4) is 17.0 Å². The third-order valence-corrected chi connectivity index (χ3v) is 3.25. The second kappa shape index (κ2) is 4.00. The summed E-state index contributed by atoms with van der Waals surface area (Å²) in [4.78, 5) is 8.36. The Bertz CT molecular complexity index is 584. The zero-order valence-electron chi connectivity index (χ0n) is 9.40. The highest BCUT2D eigenvalue weighted by molar-refractivity contribution is 6.28. The lowest BCUT2D eigenvalue weighted by Crippen LogP contribution is -2.07. The van der Waals surface area contributed by atoms with Gasteiger partial charge in [0.1, 0.15) is 5.75 Å². The number of hydrogen-bond donors (Lipinski definition) is 0. The predicted octanol–water partition coefficient (Wildman–Crippen LogP) is 2.90. The molecule has 1 aromatic heterocycles. The Kier molecular flexibility index (Phi) is 2.48. The number of fused-ring (bicyclic) bond motifs is 3. The SMILES string of the molecule is COc1ccc2c(c1)-c1nc(Cl)ncc1CC2. The van der Waals surface area contributed by atoms with Gasteiger partial charge in [-0.25, -0.2) is 9.97 Å². The lowest BCUT2D eigenvalue weighted by atomic mass is 9.90. The van der Waals surface area contributed by atoms with Gasteiger partial charge in [0.05, 0.1) is 12.8 Å². The molecule has 3 rings (SSSR count). The number of aromatic nitrogens is 2. The van der Waals surface area contributed by atoms with E-state index in [0.29, 0.717) is 5.28 Å². The Morgan fingerprint density at radius 1 is 1.24 bits per heavy atom. The molecule has 0 fully saturated rings. The highest BCUT2D eigenvalue weighted by Crippen LogP contribution is 2.34. The Labute approximate surface area is 104 Å². The van der Waals surface area contributed by atoms with Crippen LogP contribution in [0.4, 0.5) is 0 Å². The molecule has 0 saturated heterocycles. The van der Waals surface area contributed by atoms with E-state index in [0.717, 1.165) is 35.4 Å². The van der Waals surface area contributed by atoms with Crippen molar-refractivity contribution in [2.75, 3.05) is 7.11 Å². The normalized spacial score (nSPS) is 12.8. The minimum absolute atomic E-state index is 0.291. The van der Waals surface area contributed by atoms with E-state index in [1.807, 2.05) is 18.3 Å². The van der Waals surface area contributed by atoms with Crippen LogP contribution < -0.4 is 4.74 Å². The van der Waals surface area contributed by atoms with Gasteiger partial charge in [-0.05, 0) is 47.7 Å². The van der Waals surface area contributed by atoms with E-state index in [1.165, 1.54) is 5.56 Å². The molecule has 0 atom stereocenters. The molecule has 1 aliphatic carbocycles. The number of aryl methyl sites for hydroxylation is 2. The largest absolute Gasteiger partial charge is 0.497 e. The molecule has 2 aromatic rings. The number of halogens is 1. The Morgan fingerprint density at radius 3 is 2.88 bits per heavy atom. The van der Waals surface area contributed by atoms with Crippen molar-refractivity contribution < 1.29 is 4.74 Å². The van der Waals surface area contributed by atoms with Gasteiger partial charge in [0.15, 0.2) is 0 Å². The van der Waals surface area contributed by atoms with E-state index < -0.39 is 0 Å². The van der Waals surface area contributed by atoms with Gasteiger partial charge in [-0.15, -0.1) is 0 Å². The highest BCUT2D eigenvalue weighted by Gasteiger charge is 2.18. The van der Waals surface area contributed by atoms with Crippen LogP contribution in [0.25, 0.3) is 11.3 Å². The van der Waals surface area contributed by atoms with Gasteiger partial charge >= 0.3 is 0 Å². The molecule has 1 aliphatic rings. The zero-order chi connectivity index (χ0) is 11.8. The van der Waals surface area contributed by atoms with Gasteiger partial charge in [-0.1, -0.05) is 6.07 Å². The van der Waals surface area contributed by atoms with Gasteiger partial charge in [0.25, 0.3) is 0 Å². The number of rotatable bonds is 1. The minimum atomic E-state index is 0.291. The first-order valence-corrected chi connectivity index (χ1v) is 5.84. The summed E-state index contributed by atoms with van der Waals surface area (Å²) in [5.74, 6) is 0.839. The summed E-state index contributed by atoms with van der Waals surface area (Å²) in [7, 11) is 1.67. The standard InChI is InChI=1S/C13H11ClN2O/c1-17-10-5-4-8-2-3-9-7-15-13(14)16-12(9)11(8)6-10/h4-7H,2-3H2,1H3. The number of ether oxygens (including phenoxy) is 1. The van der Waals surface area contributed by atoms with Crippen molar-refractivity contribution in [1.82, 2.24) is 9.97 Å². The summed E-state index contributed by atoms with van der Waals surface area (Å²) >= 11 is 5.86. The quantitative estimate of drug-likeness (QED) is 0.726. The van der Waals surface area contributed by atoms with Crippen molar-refractivity contribution in [3.05, 3.63) is 40.8 Å². The van der Waals surface area contributed by atoms with Crippen molar-refractivity contribution in [1.29, 1.82) is 0 Å². The van der Waals surface area contributed by atoms with E-state index in [2.05, 4.69) is 16.0 Å². The molecular formula is C13H11ClN2O. The molecule has 86 valence electrons. The lowest BCUT2D eigenvalue weighted by Gasteiger charge is -2.19. The van der Waals surface area contributed by atoms with Crippen molar-refractivity contribution >= 4 is 11.6 Å². The summed E-state index contributed by atoms with van der Waals surface area (Å²) in [6, 6.07) is 6.08. The lowest BCUT2D eigenvalue weighted by molar-refractivity contribution is 0.415. The topological polar surface area (TPSA) is 35.0 Å². The smallest absolute Gasteiger partial charge is 0.222 e. The van der Waals surface area contributed by atoms with E-state index >= 15 is 0 Å². The maximum atomic E-state index is 5.86. The Morgan fingerprint density at radius 2 is 2.06 bits per heavy atom. The second-order valence-electron chi connectivity index (χ2n) is 4.04. The first kappa shape index (κ1) is 10.5. The molecular weight excluding hydrogens is 236 g/mol. The molecule has 3 nitrogen and oxygen atoms in total. The van der Waals surface area contributed by atoms with Crippen LogP contribution in [0.5, 0.6) is 5.75 Å². The van der Waals surface area contributed by atoms with Gasteiger partial charge < -0.3 is 4.74 Å². The molecule has 0 radical (unpaired) electrons. The third-order valence-electron chi connectivity index (χ3n) is 3.07. The fourth-order valence-electron chi connectivity index (χ4n) is 2.19. The number of hydrogen-bond acceptors (Lipinski definition) is 3. The molecule has 0 unspecified atom stereocenters. The van der Waals surface area contributed by atoms with Gasteiger partial charge in [-0.2, -0.15) is 0 Å². The molecule has 0 saturated carbocycles. The van der Waals surface area contributed by atoms with Crippen molar-refractivity contribution in [2.45, 2.75) is 12.8 Å². The minimum Gasteiger partial charge on any atom is -0.497 e. The molecule has 0 spiro atoms. The molecule has 0 bridgehead atoms. The molecule has 1 aromatic carbocycles. The molecule has 0 aliphatic heterocycles. The Balaban J connectivity index is 2.22. The molecule has 1 heterocycles. The van der Waals surface area contributed by atoms with E-state index in [9.17, 15) is 0 Å². The second-order valence-corrected chi connectivity index (χ2v) is 4.37. The predicted molar refractivity (Wildman–Crippen MR) is 66.4 cm³/mol.